The van der Waals surface area contributed by atoms with Crippen molar-refractivity contribution in [3.63, 3.8) is 0 Å². The smallest absolute Gasteiger partial charge is 0.252 e. The molecule has 0 radical (unpaired) electrons. The van der Waals surface area contributed by atoms with Crippen LogP contribution in [0.3, 0.4) is 0 Å². The maximum atomic E-state index is 12.8. The van der Waals surface area contributed by atoms with Crippen molar-refractivity contribution in [2.24, 2.45) is 0 Å². The SMILES string of the molecule is Cc1ccccc1C(=O)NC(C)c1nc2ccccc2n1CC(=O)NC1CCCC1. The summed E-state index contributed by atoms with van der Waals surface area (Å²) in [6, 6.07) is 15.2. The number of hydrogen-bond acceptors (Lipinski definition) is 3. The van der Waals surface area contributed by atoms with E-state index < -0.39 is 0 Å². The summed E-state index contributed by atoms with van der Waals surface area (Å²) in [4.78, 5) is 30.3. The summed E-state index contributed by atoms with van der Waals surface area (Å²) in [6.07, 6.45) is 4.44. The van der Waals surface area contributed by atoms with Gasteiger partial charge in [0, 0.05) is 11.6 Å². The number of aromatic nitrogens is 2. The van der Waals surface area contributed by atoms with Crippen LogP contribution in [-0.2, 0) is 11.3 Å². The molecule has 156 valence electrons. The van der Waals surface area contributed by atoms with Crippen LogP contribution in [0.15, 0.2) is 48.5 Å². The highest BCUT2D eigenvalue weighted by Crippen LogP contribution is 2.22. The Morgan fingerprint density at radius 1 is 1.10 bits per heavy atom. The fourth-order valence-corrected chi connectivity index (χ4v) is 4.24. The highest BCUT2D eigenvalue weighted by atomic mass is 16.2. The van der Waals surface area contributed by atoms with Crippen molar-refractivity contribution in [3.8, 4) is 0 Å². The molecule has 1 saturated carbocycles. The number of para-hydroxylation sites is 2. The van der Waals surface area contributed by atoms with Gasteiger partial charge >= 0.3 is 0 Å². The lowest BCUT2D eigenvalue weighted by molar-refractivity contribution is -0.122. The second kappa shape index (κ2) is 8.69. The molecule has 1 aliphatic carbocycles. The maximum Gasteiger partial charge on any atom is 0.252 e. The summed E-state index contributed by atoms with van der Waals surface area (Å²) in [7, 11) is 0. The molecule has 0 spiro atoms. The summed E-state index contributed by atoms with van der Waals surface area (Å²) >= 11 is 0. The van der Waals surface area contributed by atoms with Gasteiger partial charge in [0.1, 0.15) is 12.4 Å². The fraction of sp³-hybridized carbons (Fsp3) is 0.375. The molecule has 1 atom stereocenters. The van der Waals surface area contributed by atoms with Gasteiger partial charge in [-0.05, 0) is 50.5 Å². The molecule has 1 fully saturated rings. The summed E-state index contributed by atoms with van der Waals surface area (Å²) in [5, 5.41) is 6.19. The summed E-state index contributed by atoms with van der Waals surface area (Å²) < 4.78 is 1.92. The minimum atomic E-state index is -0.344. The second-order valence-corrected chi connectivity index (χ2v) is 8.10. The van der Waals surface area contributed by atoms with Gasteiger partial charge in [-0.3, -0.25) is 9.59 Å². The highest BCUT2D eigenvalue weighted by molar-refractivity contribution is 5.95. The standard InChI is InChI=1S/C24H28N4O2/c1-16-9-3-6-12-19(16)24(30)25-17(2)23-27-20-13-7-8-14-21(20)28(23)15-22(29)26-18-10-4-5-11-18/h3,6-9,12-14,17-18H,4-5,10-11,15H2,1-2H3,(H,25,30)(H,26,29). The normalized spacial score (nSPS) is 15.3. The number of amides is 2. The Hall–Kier alpha value is -3.15. The van der Waals surface area contributed by atoms with Crippen LogP contribution < -0.4 is 10.6 Å². The van der Waals surface area contributed by atoms with Gasteiger partial charge in [-0.2, -0.15) is 0 Å². The van der Waals surface area contributed by atoms with Crippen molar-refractivity contribution in [1.82, 2.24) is 20.2 Å². The van der Waals surface area contributed by atoms with Gasteiger partial charge in [0.25, 0.3) is 5.91 Å². The van der Waals surface area contributed by atoms with Gasteiger partial charge in [0.15, 0.2) is 0 Å². The Balaban J connectivity index is 1.58. The van der Waals surface area contributed by atoms with Crippen LogP contribution in [0.2, 0.25) is 0 Å². The average Bonchev–Trinajstić information content (AvgIpc) is 3.36. The van der Waals surface area contributed by atoms with Crippen LogP contribution in [0.4, 0.5) is 0 Å². The number of hydrogen-bond donors (Lipinski definition) is 2. The number of rotatable bonds is 6. The van der Waals surface area contributed by atoms with E-state index in [0.29, 0.717) is 11.4 Å². The molecule has 2 N–H and O–H groups in total. The third kappa shape index (κ3) is 4.22. The number of carbonyl (C=O) groups excluding carboxylic acids is 2. The fourth-order valence-electron chi connectivity index (χ4n) is 4.24. The number of imidazole rings is 1. The van der Waals surface area contributed by atoms with Crippen molar-refractivity contribution in [2.45, 2.75) is 58.2 Å². The van der Waals surface area contributed by atoms with Gasteiger partial charge < -0.3 is 15.2 Å². The monoisotopic (exact) mass is 404 g/mol. The molecular weight excluding hydrogens is 376 g/mol. The molecule has 1 unspecified atom stereocenters. The first-order chi connectivity index (χ1) is 14.5. The number of nitrogens with zero attached hydrogens (tertiary/aromatic N) is 2. The predicted molar refractivity (Wildman–Crippen MR) is 117 cm³/mol. The molecule has 1 aromatic heterocycles. The number of benzene rings is 2. The quantitative estimate of drug-likeness (QED) is 0.654. The molecule has 0 aliphatic heterocycles. The number of fused-ring (bicyclic) bond motifs is 1. The third-order valence-electron chi connectivity index (χ3n) is 5.83. The van der Waals surface area contributed by atoms with E-state index in [2.05, 4.69) is 10.6 Å². The molecule has 2 amide bonds. The summed E-state index contributed by atoms with van der Waals surface area (Å²) in [5.74, 6) is 0.526. The van der Waals surface area contributed by atoms with Crippen LogP contribution in [0, 0.1) is 6.92 Å². The van der Waals surface area contributed by atoms with E-state index in [9.17, 15) is 9.59 Å². The molecule has 6 nitrogen and oxygen atoms in total. The second-order valence-electron chi connectivity index (χ2n) is 8.10. The molecule has 0 saturated heterocycles. The molecule has 1 heterocycles. The largest absolute Gasteiger partial charge is 0.352 e. The van der Waals surface area contributed by atoms with E-state index in [1.165, 1.54) is 12.8 Å². The van der Waals surface area contributed by atoms with Crippen molar-refractivity contribution in [3.05, 3.63) is 65.5 Å². The van der Waals surface area contributed by atoms with E-state index in [-0.39, 0.29) is 30.4 Å². The van der Waals surface area contributed by atoms with Gasteiger partial charge in [0.2, 0.25) is 5.91 Å². The molecule has 6 heteroatoms. The molecule has 4 rings (SSSR count). The minimum absolute atomic E-state index is 0.0104. The van der Waals surface area contributed by atoms with Gasteiger partial charge in [-0.25, -0.2) is 4.98 Å². The van der Waals surface area contributed by atoms with Crippen LogP contribution in [0.5, 0.6) is 0 Å². The maximum absolute atomic E-state index is 12.8. The first-order valence-electron chi connectivity index (χ1n) is 10.6. The van der Waals surface area contributed by atoms with E-state index in [0.717, 1.165) is 29.4 Å². The van der Waals surface area contributed by atoms with Crippen molar-refractivity contribution < 1.29 is 9.59 Å². The Bertz CT molecular complexity index is 1070. The highest BCUT2D eigenvalue weighted by Gasteiger charge is 2.22. The lowest BCUT2D eigenvalue weighted by atomic mass is 10.1. The van der Waals surface area contributed by atoms with Gasteiger partial charge in [0.05, 0.1) is 17.1 Å². The molecule has 30 heavy (non-hydrogen) atoms. The van der Waals surface area contributed by atoms with E-state index in [4.69, 9.17) is 4.98 Å². The van der Waals surface area contributed by atoms with E-state index >= 15 is 0 Å². The molecule has 2 aromatic carbocycles. The lowest BCUT2D eigenvalue weighted by Gasteiger charge is -2.18. The van der Waals surface area contributed by atoms with Crippen LogP contribution in [0.1, 0.15) is 60.4 Å². The van der Waals surface area contributed by atoms with Crippen LogP contribution in [0.25, 0.3) is 11.0 Å². The Kier molecular flexibility index (Phi) is 5.84. The lowest BCUT2D eigenvalue weighted by Crippen LogP contribution is -2.36. The zero-order valence-electron chi connectivity index (χ0n) is 17.5. The average molecular weight is 405 g/mol. The molecule has 3 aromatic rings. The first-order valence-corrected chi connectivity index (χ1v) is 10.6. The van der Waals surface area contributed by atoms with Crippen molar-refractivity contribution in [2.75, 3.05) is 0 Å². The zero-order chi connectivity index (χ0) is 21.1. The van der Waals surface area contributed by atoms with Crippen LogP contribution in [-0.4, -0.2) is 27.4 Å². The number of nitrogens with one attached hydrogen (secondary N) is 2. The molecule has 1 aliphatic rings. The van der Waals surface area contributed by atoms with E-state index in [1.54, 1.807) is 0 Å². The number of carbonyl (C=O) groups is 2. The van der Waals surface area contributed by atoms with E-state index in [1.807, 2.05) is 66.9 Å². The minimum Gasteiger partial charge on any atom is -0.352 e. The van der Waals surface area contributed by atoms with Gasteiger partial charge in [-0.1, -0.05) is 43.2 Å². The number of aryl methyl sites for hydroxylation is 1. The Morgan fingerprint density at radius 3 is 2.57 bits per heavy atom. The summed E-state index contributed by atoms with van der Waals surface area (Å²) in [6.45, 7) is 4.02. The van der Waals surface area contributed by atoms with Crippen LogP contribution >= 0.6 is 0 Å². The Labute approximate surface area is 176 Å². The Morgan fingerprint density at radius 2 is 1.80 bits per heavy atom. The van der Waals surface area contributed by atoms with Crippen molar-refractivity contribution in [1.29, 1.82) is 0 Å². The first kappa shape index (κ1) is 20.1. The molecular formula is C24H28N4O2. The van der Waals surface area contributed by atoms with Crippen molar-refractivity contribution >= 4 is 22.8 Å². The van der Waals surface area contributed by atoms with Gasteiger partial charge in [-0.15, -0.1) is 0 Å². The zero-order valence-corrected chi connectivity index (χ0v) is 17.5. The molecule has 0 bridgehead atoms. The topological polar surface area (TPSA) is 76.0 Å². The summed E-state index contributed by atoms with van der Waals surface area (Å²) in [5.41, 5.74) is 3.28. The third-order valence-corrected chi connectivity index (χ3v) is 5.83. The predicted octanol–water partition coefficient (Wildman–Crippen LogP) is 3.89.